The number of hydrogen-bond donors (Lipinski definition) is 1. The number of halogens is 1. The van der Waals surface area contributed by atoms with Crippen LogP contribution in [0.25, 0.3) is 5.65 Å². The molecule has 2 aromatic heterocycles. The summed E-state index contributed by atoms with van der Waals surface area (Å²) in [6.07, 6.45) is 5.18. The maximum absolute atomic E-state index is 5.21. The second-order valence-corrected chi connectivity index (χ2v) is 5.01. The average Bonchev–Trinajstić information content (AvgIpc) is 2.80. The number of rotatable bonds is 6. The first-order chi connectivity index (χ1) is 9.15. The molecule has 0 amide bonds. The van der Waals surface area contributed by atoms with E-state index in [4.69, 9.17) is 9.47 Å². The molecule has 2 heterocycles. The van der Waals surface area contributed by atoms with Crippen molar-refractivity contribution >= 4 is 21.6 Å². The molecule has 2 rings (SSSR count). The molecular formula is C12H17BrN4O2. The van der Waals surface area contributed by atoms with Crippen molar-refractivity contribution in [2.24, 2.45) is 0 Å². The molecule has 0 aliphatic rings. The molecule has 0 aromatic carbocycles. The molecule has 0 spiro atoms. The van der Waals surface area contributed by atoms with Crippen LogP contribution in [0.4, 0.5) is 0 Å². The molecule has 0 aliphatic heterocycles. The van der Waals surface area contributed by atoms with E-state index in [-0.39, 0.29) is 12.3 Å². The van der Waals surface area contributed by atoms with Gasteiger partial charge in [0, 0.05) is 27.0 Å². The van der Waals surface area contributed by atoms with Gasteiger partial charge in [-0.05, 0) is 22.9 Å². The summed E-state index contributed by atoms with van der Waals surface area (Å²) in [5.41, 5.74) is 1.87. The minimum atomic E-state index is -0.271. The van der Waals surface area contributed by atoms with Gasteiger partial charge in [-0.3, -0.25) is 4.40 Å². The molecule has 0 saturated heterocycles. The zero-order chi connectivity index (χ0) is 13.8. The molecule has 0 aliphatic carbocycles. The molecule has 0 saturated carbocycles. The SMILES string of the molecule is COC(OC)C(C)NCc1cnc2cnc(Br)cn12. The molecule has 1 unspecified atom stereocenters. The molecule has 0 bridgehead atoms. The van der Waals surface area contributed by atoms with Gasteiger partial charge in [-0.15, -0.1) is 0 Å². The van der Waals surface area contributed by atoms with Gasteiger partial charge in [0.15, 0.2) is 11.9 Å². The van der Waals surface area contributed by atoms with E-state index >= 15 is 0 Å². The number of methoxy groups -OCH3 is 2. The summed E-state index contributed by atoms with van der Waals surface area (Å²) in [4.78, 5) is 8.44. The zero-order valence-corrected chi connectivity index (χ0v) is 12.7. The van der Waals surface area contributed by atoms with E-state index in [0.29, 0.717) is 6.54 Å². The second-order valence-electron chi connectivity index (χ2n) is 4.20. The lowest BCUT2D eigenvalue weighted by molar-refractivity contribution is -0.119. The third-order valence-electron chi connectivity index (χ3n) is 2.92. The molecule has 2 aromatic rings. The Bertz CT molecular complexity index is 542. The predicted molar refractivity (Wildman–Crippen MR) is 74.8 cm³/mol. The van der Waals surface area contributed by atoms with Crippen molar-refractivity contribution in [3.63, 3.8) is 0 Å². The first-order valence-corrected chi connectivity index (χ1v) is 6.71. The number of imidazole rings is 1. The topological polar surface area (TPSA) is 60.7 Å². The maximum atomic E-state index is 5.21. The lowest BCUT2D eigenvalue weighted by Gasteiger charge is -2.22. The molecule has 7 heteroatoms. The fourth-order valence-corrected chi connectivity index (χ4v) is 2.22. The van der Waals surface area contributed by atoms with Crippen LogP contribution in [0.5, 0.6) is 0 Å². The number of ether oxygens (including phenoxy) is 2. The van der Waals surface area contributed by atoms with Crippen molar-refractivity contribution in [3.8, 4) is 0 Å². The van der Waals surface area contributed by atoms with Crippen LogP contribution < -0.4 is 5.32 Å². The highest BCUT2D eigenvalue weighted by molar-refractivity contribution is 9.10. The van der Waals surface area contributed by atoms with Crippen molar-refractivity contribution < 1.29 is 9.47 Å². The second kappa shape index (κ2) is 6.42. The van der Waals surface area contributed by atoms with Gasteiger partial charge in [-0.2, -0.15) is 0 Å². The van der Waals surface area contributed by atoms with Crippen LogP contribution in [0, 0.1) is 0 Å². The van der Waals surface area contributed by atoms with Gasteiger partial charge >= 0.3 is 0 Å². The van der Waals surface area contributed by atoms with E-state index in [0.717, 1.165) is 15.9 Å². The van der Waals surface area contributed by atoms with Crippen LogP contribution in [0.3, 0.4) is 0 Å². The number of fused-ring (bicyclic) bond motifs is 1. The summed E-state index contributed by atoms with van der Waals surface area (Å²) in [6.45, 7) is 2.68. The fraction of sp³-hybridized carbons (Fsp3) is 0.500. The van der Waals surface area contributed by atoms with E-state index in [1.807, 2.05) is 23.7 Å². The van der Waals surface area contributed by atoms with Crippen LogP contribution in [0.15, 0.2) is 23.2 Å². The highest BCUT2D eigenvalue weighted by Gasteiger charge is 2.15. The van der Waals surface area contributed by atoms with Gasteiger partial charge in [-0.1, -0.05) is 0 Å². The molecule has 0 fully saturated rings. The molecule has 19 heavy (non-hydrogen) atoms. The summed E-state index contributed by atoms with van der Waals surface area (Å²) in [7, 11) is 3.26. The Morgan fingerprint density at radius 2 is 2.05 bits per heavy atom. The Morgan fingerprint density at radius 1 is 1.32 bits per heavy atom. The van der Waals surface area contributed by atoms with Crippen LogP contribution in [0.1, 0.15) is 12.6 Å². The average molecular weight is 329 g/mol. The van der Waals surface area contributed by atoms with Crippen LogP contribution >= 0.6 is 15.9 Å². The summed E-state index contributed by atoms with van der Waals surface area (Å²) in [6, 6.07) is 0.0748. The van der Waals surface area contributed by atoms with Crippen LogP contribution in [0.2, 0.25) is 0 Å². The third-order valence-corrected chi connectivity index (χ3v) is 3.33. The van der Waals surface area contributed by atoms with Crippen molar-refractivity contribution in [2.45, 2.75) is 25.8 Å². The van der Waals surface area contributed by atoms with Gasteiger partial charge in [0.1, 0.15) is 4.60 Å². The largest absolute Gasteiger partial charge is 0.354 e. The zero-order valence-electron chi connectivity index (χ0n) is 11.1. The van der Waals surface area contributed by atoms with Gasteiger partial charge in [0.05, 0.1) is 24.1 Å². The monoisotopic (exact) mass is 328 g/mol. The fourth-order valence-electron chi connectivity index (χ4n) is 1.91. The Balaban J connectivity index is 2.07. The van der Waals surface area contributed by atoms with Crippen molar-refractivity contribution in [1.82, 2.24) is 19.7 Å². The van der Waals surface area contributed by atoms with Gasteiger partial charge in [-0.25, -0.2) is 9.97 Å². The first-order valence-electron chi connectivity index (χ1n) is 5.92. The van der Waals surface area contributed by atoms with Gasteiger partial charge in [0.2, 0.25) is 0 Å². The van der Waals surface area contributed by atoms with E-state index in [9.17, 15) is 0 Å². The Hall–Kier alpha value is -1.02. The summed E-state index contributed by atoms with van der Waals surface area (Å²) >= 11 is 3.36. The van der Waals surface area contributed by atoms with E-state index in [1.54, 1.807) is 20.4 Å². The van der Waals surface area contributed by atoms with Crippen molar-refractivity contribution in [3.05, 3.63) is 28.9 Å². The van der Waals surface area contributed by atoms with Crippen molar-refractivity contribution in [1.29, 1.82) is 0 Å². The lowest BCUT2D eigenvalue weighted by Crippen LogP contribution is -2.39. The molecular weight excluding hydrogens is 312 g/mol. The van der Waals surface area contributed by atoms with E-state index < -0.39 is 0 Å². The van der Waals surface area contributed by atoms with Crippen LogP contribution in [-0.2, 0) is 16.0 Å². The number of nitrogens with one attached hydrogen (secondary N) is 1. The molecule has 1 N–H and O–H groups in total. The predicted octanol–water partition coefficient (Wildman–Crippen LogP) is 1.59. The number of nitrogens with zero attached hydrogens (tertiary/aromatic N) is 3. The van der Waals surface area contributed by atoms with Crippen molar-refractivity contribution in [2.75, 3.05) is 14.2 Å². The normalized spacial score (nSPS) is 13.3. The quantitative estimate of drug-likeness (QED) is 0.816. The highest BCUT2D eigenvalue weighted by atomic mass is 79.9. The first kappa shape index (κ1) is 14.4. The Kier molecular flexibility index (Phi) is 4.87. The number of hydrogen-bond acceptors (Lipinski definition) is 5. The summed E-state index contributed by atoms with van der Waals surface area (Å²) in [5, 5.41) is 3.35. The Morgan fingerprint density at radius 3 is 2.74 bits per heavy atom. The molecule has 0 radical (unpaired) electrons. The minimum Gasteiger partial charge on any atom is -0.354 e. The molecule has 1 atom stereocenters. The molecule has 6 nitrogen and oxygen atoms in total. The van der Waals surface area contributed by atoms with Crippen LogP contribution in [-0.4, -0.2) is 40.9 Å². The van der Waals surface area contributed by atoms with Gasteiger partial charge in [0.25, 0.3) is 0 Å². The van der Waals surface area contributed by atoms with E-state index in [1.165, 1.54) is 0 Å². The molecule has 104 valence electrons. The standard InChI is InChI=1S/C12H17BrN4O2/c1-8(12(18-2)19-3)14-4-9-5-16-11-6-15-10(13)7-17(9)11/h5-8,12,14H,4H2,1-3H3. The third kappa shape index (κ3) is 3.30. The Labute approximate surface area is 120 Å². The minimum absolute atomic E-state index is 0.0748. The summed E-state index contributed by atoms with van der Waals surface area (Å²) < 4.78 is 13.2. The highest BCUT2D eigenvalue weighted by Crippen LogP contribution is 2.11. The summed E-state index contributed by atoms with van der Waals surface area (Å²) in [5.74, 6) is 0. The lowest BCUT2D eigenvalue weighted by atomic mass is 10.3. The smallest absolute Gasteiger partial charge is 0.171 e. The maximum Gasteiger partial charge on any atom is 0.171 e. The van der Waals surface area contributed by atoms with E-state index in [2.05, 4.69) is 31.2 Å². The number of aromatic nitrogens is 3. The van der Waals surface area contributed by atoms with Gasteiger partial charge < -0.3 is 14.8 Å².